The van der Waals surface area contributed by atoms with E-state index in [1.807, 2.05) is 30.1 Å². The molecular formula is C10H15N5OS. The lowest BCUT2D eigenvalue weighted by Gasteiger charge is -2.16. The van der Waals surface area contributed by atoms with Crippen molar-refractivity contribution in [2.75, 3.05) is 25.5 Å². The number of aromatic nitrogens is 2. The van der Waals surface area contributed by atoms with Gasteiger partial charge in [-0.05, 0) is 7.05 Å². The Labute approximate surface area is 103 Å². The van der Waals surface area contributed by atoms with Gasteiger partial charge in [-0.3, -0.25) is 9.20 Å². The summed E-state index contributed by atoms with van der Waals surface area (Å²) in [5, 5.41) is 5.09. The minimum Gasteiger partial charge on any atom is -0.368 e. The molecule has 0 saturated carbocycles. The summed E-state index contributed by atoms with van der Waals surface area (Å²) in [6.45, 7) is 0.859. The second-order valence-electron chi connectivity index (χ2n) is 3.79. The SMILES string of the molecule is CNCc1c(N(C)CC(N)=O)nc2sccn12. The number of nitrogens with zero attached hydrogens (tertiary/aromatic N) is 3. The van der Waals surface area contributed by atoms with Crippen LogP contribution in [0.2, 0.25) is 0 Å². The fourth-order valence-electron chi connectivity index (χ4n) is 1.77. The van der Waals surface area contributed by atoms with Crippen LogP contribution in [0.1, 0.15) is 5.69 Å². The van der Waals surface area contributed by atoms with Gasteiger partial charge in [0.1, 0.15) is 0 Å². The Morgan fingerprint density at radius 3 is 3.12 bits per heavy atom. The van der Waals surface area contributed by atoms with Gasteiger partial charge >= 0.3 is 0 Å². The lowest BCUT2D eigenvalue weighted by Crippen LogP contribution is -2.31. The van der Waals surface area contributed by atoms with Gasteiger partial charge in [-0.1, -0.05) is 0 Å². The Morgan fingerprint density at radius 2 is 2.47 bits per heavy atom. The van der Waals surface area contributed by atoms with Gasteiger partial charge in [0.05, 0.1) is 12.2 Å². The van der Waals surface area contributed by atoms with Crippen LogP contribution in [0.5, 0.6) is 0 Å². The first-order chi connectivity index (χ1) is 8.13. The number of nitrogens with one attached hydrogen (secondary N) is 1. The number of carbonyl (C=O) groups excluding carboxylic acids is 1. The van der Waals surface area contributed by atoms with E-state index in [-0.39, 0.29) is 12.5 Å². The summed E-state index contributed by atoms with van der Waals surface area (Å²) in [6.07, 6.45) is 1.97. The van der Waals surface area contributed by atoms with Gasteiger partial charge < -0.3 is 16.0 Å². The van der Waals surface area contributed by atoms with E-state index >= 15 is 0 Å². The van der Waals surface area contributed by atoms with E-state index in [0.29, 0.717) is 6.54 Å². The number of amides is 1. The Kier molecular flexibility index (Phi) is 3.30. The number of rotatable bonds is 5. The number of anilines is 1. The van der Waals surface area contributed by atoms with Crippen LogP contribution in [0.3, 0.4) is 0 Å². The van der Waals surface area contributed by atoms with Crippen molar-refractivity contribution in [2.45, 2.75) is 6.54 Å². The van der Waals surface area contributed by atoms with E-state index in [1.54, 1.807) is 16.2 Å². The average molecular weight is 253 g/mol. The van der Waals surface area contributed by atoms with Gasteiger partial charge in [-0.15, -0.1) is 11.3 Å². The number of likely N-dealkylation sites (N-methyl/N-ethyl adjacent to an activating group) is 1. The molecule has 0 atom stereocenters. The van der Waals surface area contributed by atoms with Crippen LogP contribution in [0.15, 0.2) is 11.6 Å². The van der Waals surface area contributed by atoms with E-state index in [4.69, 9.17) is 5.73 Å². The van der Waals surface area contributed by atoms with E-state index in [1.165, 1.54) is 0 Å². The van der Waals surface area contributed by atoms with Crippen LogP contribution in [0.4, 0.5) is 5.82 Å². The Hall–Kier alpha value is -1.60. The summed E-state index contributed by atoms with van der Waals surface area (Å²) < 4.78 is 2.02. The highest BCUT2D eigenvalue weighted by Gasteiger charge is 2.16. The molecule has 2 heterocycles. The highest BCUT2D eigenvalue weighted by Crippen LogP contribution is 2.23. The zero-order chi connectivity index (χ0) is 12.4. The minimum atomic E-state index is -0.362. The van der Waals surface area contributed by atoms with E-state index in [0.717, 1.165) is 16.5 Å². The van der Waals surface area contributed by atoms with Crippen LogP contribution in [-0.2, 0) is 11.3 Å². The molecule has 0 bridgehead atoms. The molecule has 0 aliphatic carbocycles. The van der Waals surface area contributed by atoms with Gasteiger partial charge in [-0.25, -0.2) is 4.98 Å². The molecule has 0 radical (unpaired) electrons. The molecule has 0 aliphatic heterocycles. The van der Waals surface area contributed by atoms with Crippen LogP contribution in [-0.4, -0.2) is 35.9 Å². The minimum absolute atomic E-state index is 0.168. The molecule has 0 spiro atoms. The van der Waals surface area contributed by atoms with Crippen molar-refractivity contribution in [2.24, 2.45) is 5.73 Å². The largest absolute Gasteiger partial charge is 0.368 e. The summed E-state index contributed by atoms with van der Waals surface area (Å²) >= 11 is 1.57. The van der Waals surface area contributed by atoms with Crippen molar-refractivity contribution >= 4 is 28.0 Å². The van der Waals surface area contributed by atoms with Gasteiger partial charge in [0.25, 0.3) is 0 Å². The summed E-state index contributed by atoms with van der Waals surface area (Å²) in [6, 6.07) is 0. The number of hydrogen-bond donors (Lipinski definition) is 2. The Morgan fingerprint density at radius 1 is 1.71 bits per heavy atom. The quantitative estimate of drug-likeness (QED) is 0.788. The second-order valence-corrected chi connectivity index (χ2v) is 4.66. The van der Waals surface area contributed by atoms with Gasteiger partial charge in [0, 0.05) is 25.2 Å². The molecule has 0 saturated heterocycles. The number of hydrogen-bond acceptors (Lipinski definition) is 5. The highest BCUT2D eigenvalue weighted by atomic mass is 32.1. The lowest BCUT2D eigenvalue weighted by molar-refractivity contribution is -0.116. The summed E-state index contributed by atoms with van der Waals surface area (Å²) in [4.78, 5) is 18.1. The molecule has 3 N–H and O–H groups in total. The molecule has 0 unspecified atom stereocenters. The molecule has 2 aromatic rings. The molecule has 92 valence electrons. The first-order valence-electron chi connectivity index (χ1n) is 5.22. The molecule has 0 aliphatic rings. The molecule has 7 heteroatoms. The van der Waals surface area contributed by atoms with E-state index in [2.05, 4.69) is 10.3 Å². The zero-order valence-corrected chi connectivity index (χ0v) is 10.6. The molecule has 2 rings (SSSR count). The van der Waals surface area contributed by atoms with Crippen LogP contribution >= 0.6 is 11.3 Å². The topological polar surface area (TPSA) is 75.7 Å². The number of carbonyl (C=O) groups is 1. The number of imidazole rings is 1. The monoisotopic (exact) mass is 253 g/mol. The van der Waals surface area contributed by atoms with Gasteiger partial charge in [-0.2, -0.15) is 0 Å². The average Bonchev–Trinajstić information content (AvgIpc) is 2.79. The number of thiazole rings is 1. The van der Waals surface area contributed by atoms with Crippen molar-refractivity contribution in [1.29, 1.82) is 0 Å². The number of fused-ring (bicyclic) bond motifs is 1. The number of nitrogens with two attached hydrogens (primary N) is 1. The fraction of sp³-hybridized carbons (Fsp3) is 0.400. The maximum atomic E-state index is 10.9. The predicted molar refractivity (Wildman–Crippen MR) is 68.3 cm³/mol. The summed E-state index contributed by atoms with van der Waals surface area (Å²) in [5.74, 6) is 0.435. The third-order valence-electron chi connectivity index (χ3n) is 2.44. The Bertz CT molecular complexity index is 532. The predicted octanol–water partition coefficient (Wildman–Crippen LogP) is 0.0367. The summed E-state index contributed by atoms with van der Waals surface area (Å²) in [5.41, 5.74) is 6.23. The molecule has 1 amide bonds. The first-order valence-corrected chi connectivity index (χ1v) is 6.10. The van der Waals surface area contributed by atoms with Gasteiger partial charge in [0.15, 0.2) is 10.8 Å². The van der Waals surface area contributed by atoms with Crippen molar-refractivity contribution < 1.29 is 4.79 Å². The van der Waals surface area contributed by atoms with Crippen molar-refractivity contribution in [1.82, 2.24) is 14.7 Å². The molecule has 2 aromatic heterocycles. The number of primary amides is 1. The van der Waals surface area contributed by atoms with Gasteiger partial charge in [0.2, 0.25) is 5.91 Å². The zero-order valence-electron chi connectivity index (χ0n) is 9.80. The molecule has 0 fully saturated rings. The van der Waals surface area contributed by atoms with Crippen molar-refractivity contribution in [3.63, 3.8) is 0 Å². The third kappa shape index (κ3) is 2.25. The summed E-state index contributed by atoms with van der Waals surface area (Å²) in [7, 11) is 3.69. The maximum Gasteiger partial charge on any atom is 0.236 e. The van der Waals surface area contributed by atoms with E-state index in [9.17, 15) is 4.79 Å². The second kappa shape index (κ2) is 4.72. The molecule has 6 nitrogen and oxygen atoms in total. The Balaban J connectivity index is 2.40. The molecule has 17 heavy (non-hydrogen) atoms. The molecular weight excluding hydrogens is 238 g/mol. The van der Waals surface area contributed by atoms with Crippen molar-refractivity contribution in [3.05, 3.63) is 17.3 Å². The van der Waals surface area contributed by atoms with Crippen LogP contribution in [0, 0.1) is 0 Å². The first kappa shape index (κ1) is 11.9. The smallest absolute Gasteiger partial charge is 0.236 e. The highest BCUT2D eigenvalue weighted by molar-refractivity contribution is 7.15. The molecule has 0 aromatic carbocycles. The van der Waals surface area contributed by atoms with E-state index < -0.39 is 0 Å². The van der Waals surface area contributed by atoms with Crippen molar-refractivity contribution in [3.8, 4) is 0 Å². The third-order valence-corrected chi connectivity index (χ3v) is 3.20. The standard InChI is InChI=1S/C10H15N5OS/c1-12-5-7-9(14(2)6-8(11)16)13-10-15(7)3-4-17-10/h3-4,12H,5-6H2,1-2H3,(H2,11,16). The maximum absolute atomic E-state index is 10.9. The van der Waals surface area contributed by atoms with Crippen LogP contribution < -0.4 is 16.0 Å². The lowest BCUT2D eigenvalue weighted by atomic mass is 10.4. The van der Waals surface area contributed by atoms with Crippen LogP contribution in [0.25, 0.3) is 4.96 Å². The fourth-order valence-corrected chi connectivity index (χ4v) is 2.50. The normalized spacial score (nSPS) is 10.9.